The number of hydrogen-bond donors (Lipinski definition) is 1. The minimum atomic E-state index is -1.01. The number of carbonyl (C=O) groups excluding carboxylic acids is 1. The number of nitrogens with zero attached hydrogens (tertiary/aromatic N) is 1. The molecule has 3 rings (SSSR count). The lowest BCUT2D eigenvalue weighted by molar-refractivity contribution is 0.0697. The molecule has 1 aliphatic carbocycles. The monoisotopic (exact) mass is 437 g/mol. The van der Waals surface area contributed by atoms with E-state index in [4.69, 9.17) is 9.84 Å². The zero-order chi connectivity index (χ0) is 23.5. The van der Waals surface area contributed by atoms with E-state index in [1.165, 1.54) is 35.4 Å². The molecular formula is C27H35NO4. The summed E-state index contributed by atoms with van der Waals surface area (Å²) in [6.07, 6.45) is 4.77. The molecule has 172 valence electrons. The molecule has 0 atom stereocenters. The number of fused-ring (bicyclic) bond motifs is 1. The van der Waals surface area contributed by atoms with Crippen LogP contribution in [-0.2, 0) is 10.8 Å². The van der Waals surface area contributed by atoms with E-state index in [2.05, 4.69) is 46.8 Å². The number of carboxylic acids is 1. The second-order valence-corrected chi connectivity index (χ2v) is 10.1. The zero-order valence-corrected chi connectivity index (χ0v) is 19.9. The van der Waals surface area contributed by atoms with Crippen LogP contribution in [0.3, 0.4) is 0 Å². The summed E-state index contributed by atoms with van der Waals surface area (Å²) in [7, 11) is 0. The molecule has 5 nitrogen and oxygen atoms in total. The summed E-state index contributed by atoms with van der Waals surface area (Å²) in [5.74, 6) is -0.677. The van der Waals surface area contributed by atoms with Crippen LogP contribution in [0, 0.1) is 0 Å². The minimum Gasteiger partial charge on any atom is -0.478 e. The van der Waals surface area contributed by atoms with Crippen molar-refractivity contribution in [3.05, 3.63) is 59.2 Å². The summed E-state index contributed by atoms with van der Waals surface area (Å²) in [6, 6.07) is 12.3. The van der Waals surface area contributed by atoms with Crippen molar-refractivity contribution in [3.63, 3.8) is 0 Å². The van der Waals surface area contributed by atoms with E-state index in [9.17, 15) is 9.59 Å². The third-order valence-corrected chi connectivity index (χ3v) is 6.66. The van der Waals surface area contributed by atoms with Gasteiger partial charge in [0.25, 0.3) is 0 Å². The van der Waals surface area contributed by atoms with Gasteiger partial charge in [0.05, 0.1) is 5.56 Å². The third kappa shape index (κ3) is 5.14. The first kappa shape index (κ1) is 23.8. The van der Waals surface area contributed by atoms with Gasteiger partial charge in [-0.3, -0.25) is 4.90 Å². The van der Waals surface area contributed by atoms with E-state index < -0.39 is 12.1 Å². The van der Waals surface area contributed by atoms with Gasteiger partial charge in [-0.1, -0.05) is 53.5 Å². The first-order chi connectivity index (χ1) is 15.0. The summed E-state index contributed by atoms with van der Waals surface area (Å²) in [4.78, 5) is 26.0. The predicted molar refractivity (Wildman–Crippen MR) is 128 cm³/mol. The van der Waals surface area contributed by atoms with Crippen LogP contribution < -0.4 is 9.64 Å². The fourth-order valence-corrected chi connectivity index (χ4v) is 4.41. The fraction of sp³-hybridized carbons (Fsp3) is 0.481. The first-order valence-electron chi connectivity index (χ1n) is 11.5. The highest BCUT2D eigenvalue weighted by molar-refractivity contribution is 5.90. The van der Waals surface area contributed by atoms with Gasteiger partial charge in [-0.05, 0) is 77.6 Å². The largest absolute Gasteiger partial charge is 0.478 e. The molecule has 1 aliphatic rings. The quantitative estimate of drug-likeness (QED) is 0.477. The highest BCUT2D eigenvalue weighted by atomic mass is 16.6. The lowest BCUT2D eigenvalue weighted by atomic mass is 9.63. The molecule has 0 bridgehead atoms. The lowest BCUT2D eigenvalue weighted by Crippen LogP contribution is -2.37. The van der Waals surface area contributed by atoms with Crippen LogP contribution in [0.1, 0.15) is 88.2 Å². The number of ether oxygens (including phenoxy) is 1. The standard InChI is InChI=1S/C27H35NO4/c1-6-7-8-17-28(25(31)32-21-12-9-19(10-13-21)24(29)30)20-11-14-22-23(18-20)27(4,5)16-15-26(22,2)3/h9-14,18H,6-8,15-17H2,1-5H3,(H,29,30). The summed E-state index contributed by atoms with van der Waals surface area (Å²) >= 11 is 0. The summed E-state index contributed by atoms with van der Waals surface area (Å²) in [5.41, 5.74) is 3.81. The average molecular weight is 438 g/mol. The number of anilines is 1. The van der Waals surface area contributed by atoms with Crippen molar-refractivity contribution in [2.24, 2.45) is 0 Å². The zero-order valence-electron chi connectivity index (χ0n) is 19.9. The molecule has 32 heavy (non-hydrogen) atoms. The van der Waals surface area contributed by atoms with Crippen molar-refractivity contribution in [3.8, 4) is 5.75 Å². The number of carbonyl (C=O) groups is 2. The van der Waals surface area contributed by atoms with Gasteiger partial charge in [-0.2, -0.15) is 0 Å². The Labute approximate surface area is 191 Å². The Morgan fingerprint density at radius 2 is 1.56 bits per heavy atom. The third-order valence-electron chi connectivity index (χ3n) is 6.66. The van der Waals surface area contributed by atoms with Crippen LogP contribution in [0.15, 0.2) is 42.5 Å². The molecule has 0 aromatic heterocycles. The Balaban J connectivity index is 1.91. The maximum absolute atomic E-state index is 13.2. The van der Waals surface area contributed by atoms with Crippen LogP contribution in [0.4, 0.5) is 10.5 Å². The molecule has 0 fully saturated rings. The maximum Gasteiger partial charge on any atom is 0.419 e. The minimum absolute atomic E-state index is 0.0481. The number of amides is 1. The maximum atomic E-state index is 13.2. The van der Waals surface area contributed by atoms with Crippen molar-refractivity contribution in [1.29, 1.82) is 0 Å². The van der Waals surface area contributed by atoms with Crippen LogP contribution in [0.2, 0.25) is 0 Å². The Bertz CT molecular complexity index is 976. The van der Waals surface area contributed by atoms with Gasteiger partial charge in [0.15, 0.2) is 0 Å². The lowest BCUT2D eigenvalue weighted by Gasteiger charge is -2.42. The number of hydrogen-bond acceptors (Lipinski definition) is 3. The molecule has 1 amide bonds. The Morgan fingerprint density at radius 3 is 2.16 bits per heavy atom. The van der Waals surface area contributed by atoms with Gasteiger partial charge in [-0.15, -0.1) is 0 Å². The topological polar surface area (TPSA) is 66.8 Å². The summed E-state index contributed by atoms with van der Waals surface area (Å²) in [5, 5.41) is 9.07. The summed E-state index contributed by atoms with van der Waals surface area (Å²) < 4.78 is 5.63. The van der Waals surface area contributed by atoms with E-state index in [1.54, 1.807) is 4.90 Å². The van der Waals surface area contributed by atoms with Crippen LogP contribution in [-0.4, -0.2) is 23.7 Å². The molecule has 0 aliphatic heterocycles. The molecule has 5 heteroatoms. The number of rotatable bonds is 7. The van der Waals surface area contributed by atoms with Gasteiger partial charge in [0.1, 0.15) is 5.75 Å². The molecule has 2 aromatic carbocycles. The average Bonchev–Trinajstić information content (AvgIpc) is 2.75. The second kappa shape index (κ2) is 9.35. The Kier molecular flexibility index (Phi) is 6.97. The molecular weight excluding hydrogens is 402 g/mol. The van der Waals surface area contributed by atoms with Crippen molar-refractivity contribution < 1.29 is 19.4 Å². The molecule has 0 saturated heterocycles. The van der Waals surface area contributed by atoms with Crippen molar-refractivity contribution in [2.75, 3.05) is 11.4 Å². The van der Waals surface area contributed by atoms with E-state index in [1.807, 2.05) is 6.07 Å². The van der Waals surface area contributed by atoms with Crippen molar-refractivity contribution >= 4 is 17.7 Å². The highest BCUT2D eigenvalue weighted by Gasteiger charge is 2.37. The van der Waals surface area contributed by atoms with E-state index in [0.29, 0.717) is 12.3 Å². The van der Waals surface area contributed by atoms with E-state index >= 15 is 0 Å². The molecule has 0 unspecified atom stereocenters. The van der Waals surface area contributed by atoms with Gasteiger partial charge in [0, 0.05) is 12.2 Å². The smallest absolute Gasteiger partial charge is 0.419 e. The second-order valence-electron chi connectivity index (χ2n) is 10.1. The highest BCUT2D eigenvalue weighted by Crippen LogP contribution is 2.46. The normalized spacial score (nSPS) is 16.2. The fourth-order valence-electron chi connectivity index (χ4n) is 4.41. The summed E-state index contributed by atoms with van der Waals surface area (Å²) in [6.45, 7) is 11.8. The first-order valence-corrected chi connectivity index (χ1v) is 11.5. The van der Waals surface area contributed by atoms with E-state index in [0.717, 1.165) is 37.8 Å². The van der Waals surface area contributed by atoms with Crippen LogP contribution in [0.5, 0.6) is 5.75 Å². The predicted octanol–water partition coefficient (Wildman–Crippen LogP) is 6.93. The van der Waals surface area contributed by atoms with E-state index in [-0.39, 0.29) is 16.4 Å². The Hall–Kier alpha value is -2.82. The number of aromatic carboxylic acids is 1. The van der Waals surface area contributed by atoms with Crippen molar-refractivity contribution in [2.45, 2.75) is 77.6 Å². The Morgan fingerprint density at radius 1 is 0.938 bits per heavy atom. The molecule has 0 radical (unpaired) electrons. The molecule has 0 heterocycles. The van der Waals surface area contributed by atoms with Gasteiger partial charge in [-0.25, -0.2) is 9.59 Å². The van der Waals surface area contributed by atoms with Gasteiger partial charge >= 0.3 is 12.1 Å². The molecule has 0 saturated carbocycles. The van der Waals surface area contributed by atoms with Crippen LogP contribution in [0.25, 0.3) is 0 Å². The number of benzene rings is 2. The molecule has 0 spiro atoms. The van der Waals surface area contributed by atoms with Gasteiger partial charge < -0.3 is 9.84 Å². The SMILES string of the molecule is CCCCCN(C(=O)Oc1ccc(C(=O)O)cc1)c1ccc2c(c1)C(C)(C)CCC2(C)C. The molecule has 2 aromatic rings. The number of carboxylic acid groups (broad SMARTS) is 1. The van der Waals surface area contributed by atoms with Crippen LogP contribution >= 0.6 is 0 Å². The van der Waals surface area contributed by atoms with Gasteiger partial charge in [0.2, 0.25) is 0 Å². The number of unbranched alkanes of at least 4 members (excludes halogenated alkanes) is 2. The van der Waals surface area contributed by atoms with Crippen molar-refractivity contribution in [1.82, 2.24) is 0 Å². The molecule has 1 N–H and O–H groups in total.